The number of carbonyl (C=O) groups is 1. The Labute approximate surface area is 106 Å². The standard InChI is InChI=1S/C10H14F3N3OS/c1-5(6(2)14)9(17)15-3-8-16-7(4-18-8)10(11,12)13/h4-6H,3,14H2,1-2H3,(H,15,17). The van der Waals surface area contributed by atoms with Gasteiger partial charge in [-0.15, -0.1) is 11.3 Å². The fourth-order valence-electron chi connectivity index (χ4n) is 1.08. The summed E-state index contributed by atoms with van der Waals surface area (Å²) < 4.78 is 36.8. The molecule has 0 saturated heterocycles. The molecule has 0 fully saturated rings. The normalized spacial score (nSPS) is 15.2. The summed E-state index contributed by atoms with van der Waals surface area (Å²) in [5.41, 5.74) is 4.61. The molecule has 0 aliphatic rings. The summed E-state index contributed by atoms with van der Waals surface area (Å²) in [4.78, 5) is 14.9. The van der Waals surface area contributed by atoms with Crippen LogP contribution in [-0.4, -0.2) is 16.9 Å². The van der Waals surface area contributed by atoms with Gasteiger partial charge in [-0.25, -0.2) is 4.98 Å². The van der Waals surface area contributed by atoms with Crippen LogP contribution < -0.4 is 11.1 Å². The number of hydrogen-bond donors (Lipinski definition) is 2. The van der Waals surface area contributed by atoms with E-state index in [1.165, 1.54) is 0 Å². The Bertz CT molecular complexity index is 417. The number of thiazole rings is 1. The number of alkyl halides is 3. The Morgan fingerprint density at radius 1 is 1.56 bits per heavy atom. The molecule has 0 bridgehead atoms. The van der Waals surface area contributed by atoms with Crippen molar-refractivity contribution in [2.45, 2.75) is 32.6 Å². The third kappa shape index (κ3) is 3.95. The molecule has 4 nitrogen and oxygen atoms in total. The molecular weight excluding hydrogens is 267 g/mol. The van der Waals surface area contributed by atoms with Gasteiger partial charge in [0, 0.05) is 17.3 Å². The number of carbonyl (C=O) groups excluding carboxylic acids is 1. The first kappa shape index (κ1) is 14.9. The average molecular weight is 281 g/mol. The molecule has 0 radical (unpaired) electrons. The number of nitrogens with zero attached hydrogens (tertiary/aromatic N) is 1. The Morgan fingerprint density at radius 3 is 2.61 bits per heavy atom. The van der Waals surface area contributed by atoms with Crippen molar-refractivity contribution in [2.24, 2.45) is 11.7 Å². The van der Waals surface area contributed by atoms with Gasteiger partial charge in [0.1, 0.15) is 5.01 Å². The summed E-state index contributed by atoms with van der Waals surface area (Å²) in [5, 5.41) is 3.65. The SMILES string of the molecule is CC(N)C(C)C(=O)NCc1nc(C(F)(F)F)cs1. The van der Waals surface area contributed by atoms with Gasteiger partial charge < -0.3 is 11.1 Å². The maximum absolute atomic E-state index is 12.3. The lowest BCUT2D eigenvalue weighted by Crippen LogP contribution is -2.38. The van der Waals surface area contributed by atoms with Crippen molar-refractivity contribution in [1.82, 2.24) is 10.3 Å². The predicted octanol–water partition coefficient (Wildman–Crippen LogP) is 1.76. The van der Waals surface area contributed by atoms with Crippen molar-refractivity contribution in [1.29, 1.82) is 0 Å². The van der Waals surface area contributed by atoms with Crippen LogP contribution in [0.3, 0.4) is 0 Å². The second-order valence-electron chi connectivity index (χ2n) is 3.99. The number of hydrogen-bond acceptors (Lipinski definition) is 4. The van der Waals surface area contributed by atoms with Crippen LogP contribution in [0.2, 0.25) is 0 Å². The predicted molar refractivity (Wildman–Crippen MR) is 61.8 cm³/mol. The van der Waals surface area contributed by atoms with Gasteiger partial charge in [-0.05, 0) is 6.92 Å². The van der Waals surface area contributed by atoms with Crippen molar-refractivity contribution in [3.05, 3.63) is 16.1 Å². The van der Waals surface area contributed by atoms with Crippen molar-refractivity contribution < 1.29 is 18.0 Å². The molecule has 2 atom stereocenters. The van der Waals surface area contributed by atoms with Crippen molar-refractivity contribution in [3.8, 4) is 0 Å². The highest BCUT2D eigenvalue weighted by atomic mass is 32.1. The van der Waals surface area contributed by atoms with Crippen molar-refractivity contribution in [3.63, 3.8) is 0 Å². The van der Waals surface area contributed by atoms with E-state index < -0.39 is 17.8 Å². The fraction of sp³-hybridized carbons (Fsp3) is 0.600. The van der Waals surface area contributed by atoms with Crippen LogP contribution in [0.1, 0.15) is 24.5 Å². The molecule has 0 aliphatic heterocycles. The van der Waals surface area contributed by atoms with Crippen LogP contribution in [-0.2, 0) is 17.5 Å². The van der Waals surface area contributed by atoms with Crippen LogP contribution in [0.15, 0.2) is 5.38 Å². The molecule has 0 spiro atoms. The molecule has 18 heavy (non-hydrogen) atoms. The Kier molecular flexibility index (Phi) is 4.69. The van der Waals surface area contributed by atoms with Crippen LogP contribution in [0, 0.1) is 5.92 Å². The summed E-state index contributed by atoms with van der Waals surface area (Å²) in [6.45, 7) is 3.33. The maximum Gasteiger partial charge on any atom is 0.434 e. The number of rotatable bonds is 4. The minimum absolute atomic E-state index is 0.0172. The molecule has 1 rings (SSSR count). The van der Waals surface area contributed by atoms with Gasteiger partial charge in [0.25, 0.3) is 0 Å². The molecule has 8 heteroatoms. The van der Waals surface area contributed by atoms with Gasteiger partial charge in [0.05, 0.1) is 6.54 Å². The second-order valence-corrected chi connectivity index (χ2v) is 4.93. The first-order valence-electron chi connectivity index (χ1n) is 5.26. The summed E-state index contributed by atoms with van der Waals surface area (Å²) >= 11 is 0.861. The summed E-state index contributed by atoms with van der Waals surface area (Å²) in [6, 6.07) is -0.313. The van der Waals surface area contributed by atoms with E-state index in [4.69, 9.17) is 5.73 Å². The zero-order chi connectivity index (χ0) is 13.9. The van der Waals surface area contributed by atoms with Crippen LogP contribution >= 0.6 is 11.3 Å². The molecule has 1 heterocycles. The minimum Gasteiger partial charge on any atom is -0.349 e. The van der Waals surface area contributed by atoms with E-state index >= 15 is 0 Å². The number of amides is 1. The molecule has 1 aromatic heterocycles. The largest absolute Gasteiger partial charge is 0.434 e. The van der Waals surface area contributed by atoms with E-state index in [0.717, 1.165) is 16.7 Å². The highest BCUT2D eigenvalue weighted by Crippen LogP contribution is 2.29. The zero-order valence-corrected chi connectivity index (χ0v) is 10.7. The Hall–Kier alpha value is -1.15. The topological polar surface area (TPSA) is 68.0 Å². The quantitative estimate of drug-likeness (QED) is 0.883. The van der Waals surface area contributed by atoms with Crippen LogP contribution in [0.4, 0.5) is 13.2 Å². The lowest BCUT2D eigenvalue weighted by Gasteiger charge is -2.14. The summed E-state index contributed by atoms with van der Waals surface area (Å²) in [7, 11) is 0. The molecule has 0 aromatic carbocycles. The van der Waals surface area contributed by atoms with Gasteiger partial charge in [-0.1, -0.05) is 6.92 Å². The first-order valence-corrected chi connectivity index (χ1v) is 6.14. The monoisotopic (exact) mass is 281 g/mol. The number of nitrogens with two attached hydrogens (primary N) is 1. The molecule has 1 aromatic rings. The van der Waals surface area contributed by atoms with Crippen LogP contribution in [0.5, 0.6) is 0 Å². The van der Waals surface area contributed by atoms with Crippen LogP contribution in [0.25, 0.3) is 0 Å². The highest BCUT2D eigenvalue weighted by molar-refractivity contribution is 7.09. The smallest absolute Gasteiger partial charge is 0.349 e. The van der Waals surface area contributed by atoms with E-state index in [1.807, 2.05) is 0 Å². The van der Waals surface area contributed by atoms with E-state index in [1.54, 1.807) is 13.8 Å². The summed E-state index contributed by atoms with van der Waals surface area (Å²) in [5.74, 6) is -0.694. The third-order valence-corrected chi connectivity index (χ3v) is 3.31. The van der Waals surface area contributed by atoms with Crippen molar-refractivity contribution in [2.75, 3.05) is 0 Å². The highest BCUT2D eigenvalue weighted by Gasteiger charge is 2.33. The van der Waals surface area contributed by atoms with E-state index in [2.05, 4.69) is 10.3 Å². The second kappa shape index (κ2) is 5.66. The third-order valence-electron chi connectivity index (χ3n) is 2.46. The van der Waals surface area contributed by atoms with Gasteiger partial charge in [-0.2, -0.15) is 13.2 Å². The lowest BCUT2D eigenvalue weighted by molar-refractivity contribution is -0.140. The molecule has 1 amide bonds. The number of halogens is 3. The number of nitrogens with one attached hydrogen (secondary N) is 1. The molecule has 3 N–H and O–H groups in total. The fourth-order valence-corrected chi connectivity index (χ4v) is 1.83. The Morgan fingerprint density at radius 2 is 2.17 bits per heavy atom. The summed E-state index contributed by atoms with van der Waals surface area (Å²) in [6.07, 6.45) is -4.45. The van der Waals surface area contributed by atoms with E-state index in [0.29, 0.717) is 0 Å². The molecule has 0 saturated carbocycles. The van der Waals surface area contributed by atoms with E-state index in [9.17, 15) is 18.0 Å². The molecule has 0 aliphatic carbocycles. The van der Waals surface area contributed by atoms with Crippen molar-refractivity contribution >= 4 is 17.2 Å². The average Bonchev–Trinajstić information content (AvgIpc) is 2.72. The van der Waals surface area contributed by atoms with Gasteiger partial charge >= 0.3 is 6.18 Å². The molecule has 2 unspecified atom stereocenters. The zero-order valence-electron chi connectivity index (χ0n) is 9.91. The van der Waals surface area contributed by atoms with Gasteiger partial charge in [-0.3, -0.25) is 4.79 Å². The molecule has 102 valence electrons. The minimum atomic E-state index is -4.45. The lowest BCUT2D eigenvalue weighted by atomic mass is 10.0. The van der Waals surface area contributed by atoms with Gasteiger partial charge in [0.2, 0.25) is 5.91 Å². The van der Waals surface area contributed by atoms with Gasteiger partial charge in [0.15, 0.2) is 5.69 Å². The maximum atomic E-state index is 12.3. The first-order chi connectivity index (χ1) is 8.21. The molecular formula is C10H14F3N3OS. The van der Waals surface area contributed by atoms with E-state index in [-0.39, 0.29) is 23.5 Å². The number of aromatic nitrogens is 1. The Balaban J connectivity index is 2.55.